The van der Waals surface area contributed by atoms with Gasteiger partial charge >= 0.3 is 6.03 Å². The van der Waals surface area contributed by atoms with Gasteiger partial charge in [-0.15, -0.1) is 0 Å². The first-order valence-corrected chi connectivity index (χ1v) is 9.10. The van der Waals surface area contributed by atoms with Gasteiger partial charge in [0.15, 0.2) is 5.82 Å². The number of nitrogens with zero attached hydrogens (tertiary/aromatic N) is 2. The Labute approximate surface area is 142 Å². The van der Waals surface area contributed by atoms with Gasteiger partial charge in [-0.05, 0) is 31.6 Å². The molecule has 2 saturated carbocycles. The SMILES string of the molecule is CC(C)C(NC(=O)NC1CCCCC1CO)c1nc(C2CC2)no1. The van der Waals surface area contributed by atoms with E-state index in [1.54, 1.807) is 0 Å². The Balaban J connectivity index is 1.60. The molecule has 2 aliphatic rings. The van der Waals surface area contributed by atoms with Crippen LogP contribution in [0.1, 0.15) is 76.0 Å². The van der Waals surface area contributed by atoms with Gasteiger partial charge in [0.05, 0.1) is 0 Å². The highest BCUT2D eigenvalue weighted by atomic mass is 16.5. The predicted molar refractivity (Wildman–Crippen MR) is 88.4 cm³/mol. The summed E-state index contributed by atoms with van der Waals surface area (Å²) in [5, 5.41) is 19.5. The number of rotatable bonds is 6. The van der Waals surface area contributed by atoms with E-state index in [4.69, 9.17) is 4.52 Å². The summed E-state index contributed by atoms with van der Waals surface area (Å²) in [5.41, 5.74) is 0. The maximum absolute atomic E-state index is 12.4. The molecule has 0 bridgehead atoms. The Morgan fingerprint density at radius 3 is 2.71 bits per heavy atom. The van der Waals surface area contributed by atoms with Crippen molar-refractivity contribution in [2.75, 3.05) is 6.61 Å². The molecule has 1 aromatic rings. The minimum Gasteiger partial charge on any atom is -0.396 e. The summed E-state index contributed by atoms with van der Waals surface area (Å²) in [6.07, 6.45) is 6.31. The van der Waals surface area contributed by atoms with E-state index in [-0.39, 0.29) is 36.6 Å². The number of nitrogens with one attached hydrogen (secondary N) is 2. The van der Waals surface area contributed by atoms with Gasteiger partial charge in [-0.25, -0.2) is 4.79 Å². The van der Waals surface area contributed by atoms with Crippen LogP contribution in [0.2, 0.25) is 0 Å². The molecule has 2 fully saturated rings. The number of carbonyl (C=O) groups is 1. The molecule has 24 heavy (non-hydrogen) atoms. The zero-order valence-corrected chi connectivity index (χ0v) is 14.5. The molecule has 1 heterocycles. The monoisotopic (exact) mass is 336 g/mol. The second kappa shape index (κ2) is 7.51. The van der Waals surface area contributed by atoms with Crippen molar-refractivity contribution in [2.45, 2.75) is 70.4 Å². The van der Waals surface area contributed by atoms with Gasteiger partial charge in [-0.2, -0.15) is 4.98 Å². The number of aliphatic hydroxyl groups is 1. The third kappa shape index (κ3) is 4.06. The molecule has 134 valence electrons. The standard InChI is InChI=1S/C17H28N4O3/c1-10(2)14(16-20-15(21-24-16)11-7-8-11)19-17(23)18-13-6-4-3-5-12(13)9-22/h10-14,22H,3-9H2,1-2H3,(H2,18,19,23). The van der Waals surface area contributed by atoms with Gasteiger partial charge < -0.3 is 20.3 Å². The van der Waals surface area contributed by atoms with Gasteiger partial charge in [0.25, 0.3) is 0 Å². The van der Waals surface area contributed by atoms with Crippen LogP contribution < -0.4 is 10.6 Å². The molecule has 0 spiro atoms. The van der Waals surface area contributed by atoms with Crippen LogP contribution in [0.25, 0.3) is 0 Å². The van der Waals surface area contributed by atoms with E-state index in [0.717, 1.165) is 44.3 Å². The average Bonchev–Trinajstić information content (AvgIpc) is 3.31. The number of aromatic nitrogens is 2. The Bertz CT molecular complexity index is 556. The number of hydrogen-bond donors (Lipinski definition) is 3. The molecule has 2 amide bonds. The maximum atomic E-state index is 12.4. The van der Waals surface area contributed by atoms with Crippen molar-refractivity contribution < 1.29 is 14.4 Å². The van der Waals surface area contributed by atoms with Gasteiger partial charge in [0, 0.05) is 24.5 Å². The largest absolute Gasteiger partial charge is 0.396 e. The Hall–Kier alpha value is -1.63. The van der Waals surface area contributed by atoms with Crippen LogP contribution in [0, 0.1) is 11.8 Å². The van der Waals surface area contributed by atoms with Crippen LogP contribution >= 0.6 is 0 Å². The summed E-state index contributed by atoms with van der Waals surface area (Å²) in [6.45, 7) is 4.15. The minimum atomic E-state index is -0.304. The molecule has 0 aromatic carbocycles. The molecule has 0 aliphatic heterocycles. The van der Waals surface area contributed by atoms with E-state index in [9.17, 15) is 9.90 Å². The lowest BCUT2D eigenvalue weighted by atomic mass is 9.85. The average molecular weight is 336 g/mol. The number of hydrogen-bond acceptors (Lipinski definition) is 5. The number of urea groups is 1. The van der Waals surface area contributed by atoms with E-state index in [2.05, 4.69) is 20.8 Å². The van der Waals surface area contributed by atoms with Crippen molar-refractivity contribution in [1.29, 1.82) is 0 Å². The Morgan fingerprint density at radius 2 is 2.04 bits per heavy atom. The van der Waals surface area contributed by atoms with Gasteiger partial charge in [0.2, 0.25) is 5.89 Å². The lowest BCUT2D eigenvalue weighted by Crippen LogP contribution is -2.49. The first-order chi connectivity index (χ1) is 11.6. The Morgan fingerprint density at radius 1 is 1.29 bits per heavy atom. The zero-order chi connectivity index (χ0) is 17.1. The highest BCUT2D eigenvalue weighted by molar-refractivity contribution is 5.74. The summed E-state index contributed by atoms with van der Waals surface area (Å²) < 4.78 is 5.38. The predicted octanol–water partition coefficient (Wildman–Crippen LogP) is 2.49. The molecule has 0 saturated heterocycles. The zero-order valence-electron chi connectivity index (χ0n) is 14.5. The minimum absolute atomic E-state index is 0.0290. The Kier molecular flexibility index (Phi) is 5.38. The van der Waals surface area contributed by atoms with Crippen molar-refractivity contribution in [3.05, 3.63) is 11.7 Å². The van der Waals surface area contributed by atoms with Crippen LogP contribution in [0.4, 0.5) is 4.79 Å². The highest BCUT2D eigenvalue weighted by Gasteiger charge is 2.32. The van der Waals surface area contributed by atoms with Crippen LogP contribution in [0.3, 0.4) is 0 Å². The third-order valence-corrected chi connectivity index (χ3v) is 5.08. The van der Waals surface area contributed by atoms with Crippen molar-refractivity contribution in [1.82, 2.24) is 20.8 Å². The molecule has 1 aromatic heterocycles. The number of aliphatic hydroxyl groups excluding tert-OH is 1. The molecular weight excluding hydrogens is 308 g/mol. The quantitative estimate of drug-likeness (QED) is 0.741. The molecule has 3 rings (SSSR count). The number of amides is 2. The van der Waals surface area contributed by atoms with E-state index < -0.39 is 0 Å². The molecule has 3 unspecified atom stereocenters. The molecular formula is C17H28N4O3. The summed E-state index contributed by atoms with van der Waals surface area (Å²) in [5.74, 6) is 1.95. The molecule has 3 N–H and O–H groups in total. The first kappa shape index (κ1) is 17.2. The summed E-state index contributed by atoms with van der Waals surface area (Å²) in [6, 6.07) is -0.507. The molecule has 3 atom stereocenters. The number of carbonyl (C=O) groups excluding carboxylic acids is 1. The fourth-order valence-corrected chi connectivity index (χ4v) is 3.36. The van der Waals surface area contributed by atoms with E-state index >= 15 is 0 Å². The van der Waals surface area contributed by atoms with Crippen LogP contribution in [0.5, 0.6) is 0 Å². The maximum Gasteiger partial charge on any atom is 0.315 e. The smallest absolute Gasteiger partial charge is 0.315 e. The van der Waals surface area contributed by atoms with Crippen molar-refractivity contribution in [2.24, 2.45) is 11.8 Å². The second-order valence-corrected chi connectivity index (χ2v) is 7.44. The van der Waals surface area contributed by atoms with Crippen molar-refractivity contribution >= 4 is 6.03 Å². The normalized spacial score (nSPS) is 25.5. The van der Waals surface area contributed by atoms with Crippen molar-refractivity contribution in [3.63, 3.8) is 0 Å². The van der Waals surface area contributed by atoms with E-state index in [1.807, 2.05) is 13.8 Å². The van der Waals surface area contributed by atoms with Gasteiger partial charge in [0.1, 0.15) is 6.04 Å². The summed E-state index contributed by atoms with van der Waals surface area (Å²) >= 11 is 0. The lowest BCUT2D eigenvalue weighted by Gasteiger charge is -2.31. The van der Waals surface area contributed by atoms with Crippen LogP contribution in [-0.4, -0.2) is 33.9 Å². The first-order valence-electron chi connectivity index (χ1n) is 9.10. The van der Waals surface area contributed by atoms with Crippen LogP contribution in [-0.2, 0) is 0 Å². The molecule has 0 radical (unpaired) electrons. The summed E-state index contributed by atoms with van der Waals surface area (Å²) in [4.78, 5) is 16.9. The lowest BCUT2D eigenvalue weighted by molar-refractivity contribution is 0.151. The van der Waals surface area contributed by atoms with E-state index in [1.165, 1.54) is 0 Å². The fraction of sp³-hybridized carbons (Fsp3) is 0.824. The highest BCUT2D eigenvalue weighted by Crippen LogP contribution is 2.38. The molecule has 7 heteroatoms. The third-order valence-electron chi connectivity index (χ3n) is 5.08. The van der Waals surface area contributed by atoms with Crippen molar-refractivity contribution in [3.8, 4) is 0 Å². The van der Waals surface area contributed by atoms with E-state index in [0.29, 0.717) is 11.8 Å². The van der Waals surface area contributed by atoms with Crippen LogP contribution in [0.15, 0.2) is 4.52 Å². The summed E-state index contributed by atoms with van der Waals surface area (Å²) in [7, 11) is 0. The van der Waals surface area contributed by atoms with Gasteiger partial charge in [-0.1, -0.05) is 31.8 Å². The molecule has 7 nitrogen and oxygen atoms in total. The second-order valence-electron chi connectivity index (χ2n) is 7.44. The topological polar surface area (TPSA) is 100 Å². The fourth-order valence-electron chi connectivity index (χ4n) is 3.36. The van der Waals surface area contributed by atoms with Gasteiger partial charge in [-0.3, -0.25) is 0 Å². The molecule has 2 aliphatic carbocycles.